The zero-order valence-corrected chi connectivity index (χ0v) is 21.0. The van der Waals surface area contributed by atoms with Gasteiger partial charge < -0.3 is 10.6 Å². The van der Waals surface area contributed by atoms with Crippen molar-refractivity contribution in [2.75, 3.05) is 10.6 Å². The molecule has 0 aliphatic carbocycles. The van der Waals surface area contributed by atoms with E-state index in [9.17, 15) is 9.59 Å². The minimum absolute atomic E-state index is 0.0130. The Morgan fingerprint density at radius 3 is 2.54 bits per heavy atom. The summed E-state index contributed by atoms with van der Waals surface area (Å²) in [6, 6.07) is 17.6. The number of pyridine rings is 1. The first-order chi connectivity index (χ1) is 17.0. The summed E-state index contributed by atoms with van der Waals surface area (Å²) in [5, 5.41) is 6.55. The van der Waals surface area contributed by atoms with Crippen LogP contribution in [0.15, 0.2) is 60.8 Å². The molecule has 180 valence electrons. The number of amides is 2. The SMILES string of the molecule is CCCCCCC(=O)Nc1nc2ccc(-c3cnc(C)c(NC(=O)Cc4ccccc4)c3)cc2s1. The van der Waals surface area contributed by atoms with Crippen LogP contribution in [0.25, 0.3) is 21.3 Å². The molecule has 0 unspecified atom stereocenters. The van der Waals surface area contributed by atoms with E-state index in [1.807, 2.05) is 67.7 Å². The Kier molecular flexibility index (Phi) is 8.21. The third-order valence-corrected chi connectivity index (χ3v) is 6.73. The molecule has 0 atom stereocenters. The number of carbonyl (C=O) groups excluding carboxylic acids is 2. The molecule has 6 nitrogen and oxygen atoms in total. The van der Waals surface area contributed by atoms with Gasteiger partial charge >= 0.3 is 0 Å². The predicted molar refractivity (Wildman–Crippen MR) is 144 cm³/mol. The van der Waals surface area contributed by atoms with Crippen LogP contribution in [0.2, 0.25) is 0 Å². The summed E-state index contributed by atoms with van der Waals surface area (Å²) in [6.07, 6.45) is 6.93. The number of carbonyl (C=O) groups is 2. The van der Waals surface area contributed by atoms with Crippen molar-refractivity contribution in [3.63, 3.8) is 0 Å². The second-order valence-corrected chi connectivity index (χ2v) is 9.66. The van der Waals surface area contributed by atoms with Gasteiger partial charge in [0.1, 0.15) is 0 Å². The van der Waals surface area contributed by atoms with Crippen LogP contribution >= 0.6 is 11.3 Å². The lowest BCUT2D eigenvalue weighted by molar-refractivity contribution is -0.116. The highest BCUT2D eigenvalue weighted by atomic mass is 32.1. The van der Waals surface area contributed by atoms with Crippen LogP contribution in [-0.2, 0) is 16.0 Å². The number of nitrogens with one attached hydrogen (secondary N) is 2. The molecule has 4 rings (SSSR count). The normalized spacial score (nSPS) is 10.9. The predicted octanol–water partition coefficient (Wildman–Crippen LogP) is 6.76. The summed E-state index contributed by atoms with van der Waals surface area (Å²) in [5.41, 5.74) is 5.15. The first-order valence-corrected chi connectivity index (χ1v) is 12.8. The van der Waals surface area contributed by atoms with Crippen molar-refractivity contribution in [3.05, 3.63) is 72.1 Å². The van der Waals surface area contributed by atoms with E-state index < -0.39 is 0 Å². The summed E-state index contributed by atoms with van der Waals surface area (Å²) < 4.78 is 0.985. The molecular weight excluding hydrogens is 456 g/mol. The minimum Gasteiger partial charge on any atom is -0.324 e. The van der Waals surface area contributed by atoms with E-state index in [0.29, 0.717) is 23.7 Å². The van der Waals surface area contributed by atoms with Crippen molar-refractivity contribution in [2.24, 2.45) is 0 Å². The van der Waals surface area contributed by atoms with Gasteiger partial charge in [0.2, 0.25) is 11.8 Å². The number of rotatable bonds is 10. The van der Waals surface area contributed by atoms with Crippen molar-refractivity contribution >= 4 is 44.2 Å². The standard InChI is InChI=1S/C28H30N4O2S/c1-3-4-5-9-12-26(33)32-28-31-23-14-13-21(17-25(23)35-28)22-16-24(19(2)29-18-22)30-27(34)15-20-10-7-6-8-11-20/h6-8,10-11,13-14,16-18H,3-5,9,12,15H2,1-2H3,(H,30,34)(H,31,32,33). The molecule has 4 aromatic rings. The monoisotopic (exact) mass is 486 g/mol. The number of fused-ring (bicyclic) bond motifs is 1. The Morgan fingerprint density at radius 1 is 0.914 bits per heavy atom. The Balaban J connectivity index is 1.46. The lowest BCUT2D eigenvalue weighted by Gasteiger charge is -2.10. The second-order valence-electron chi connectivity index (χ2n) is 8.63. The van der Waals surface area contributed by atoms with Gasteiger partial charge in [0.15, 0.2) is 5.13 Å². The lowest BCUT2D eigenvalue weighted by atomic mass is 10.1. The molecule has 2 heterocycles. The molecule has 2 amide bonds. The summed E-state index contributed by atoms with van der Waals surface area (Å²) in [4.78, 5) is 33.8. The van der Waals surface area contributed by atoms with Crippen LogP contribution < -0.4 is 10.6 Å². The maximum atomic E-state index is 12.6. The van der Waals surface area contributed by atoms with Gasteiger partial charge in [0.25, 0.3) is 0 Å². The summed E-state index contributed by atoms with van der Waals surface area (Å²) in [5.74, 6) is -0.0646. The van der Waals surface area contributed by atoms with Gasteiger partial charge in [-0.3, -0.25) is 14.6 Å². The van der Waals surface area contributed by atoms with E-state index in [4.69, 9.17) is 0 Å². The molecule has 0 radical (unpaired) electrons. The summed E-state index contributed by atoms with van der Waals surface area (Å²) >= 11 is 1.46. The Bertz CT molecular complexity index is 1320. The average molecular weight is 487 g/mol. The maximum Gasteiger partial charge on any atom is 0.228 e. The first-order valence-electron chi connectivity index (χ1n) is 12.0. The Hall–Kier alpha value is -3.58. The molecule has 0 saturated carbocycles. The highest BCUT2D eigenvalue weighted by Crippen LogP contribution is 2.31. The smallest absolute Gasteiger partial charge is 0.228 e. The number of unbranched alkanes of at least 4 members (excludes halogenated alkanes) is 3. The Labute approximate surface area is 209 Å². The van der Waals surface area contributed by atoms with Crippen molar-refractivity contribution < 1.29 is 9.59 Å². The van der Waals surface area contributed by atoms with E-state index in [0.717, 1.165) is 58.3 Å². The number of anilines is 2. The van der Waals surface area contributed by atoms with Gasteiger partial charge in [0, 0.05) is 18.2 Å². The van der Waals surface area contributed by atoms with Gasteiger partial charge in [-0.15, -0.1) is 0 Å². The van der Waals surface area contributed by atoms with Crippen molar-refractivity contribution in [2.45, 2.75) is 52.4 Å². The molecule has 0 bridgehead atoms. The number of benzene rings is 2. The van der Waals surface area contributed by atoms with E-state index in [1.54, 1.807) is 0 Å². The fourth-order valence-electron chi connectivity index (χ4n) is 3.84. The Morgan fingerprint density at radius 2 is 1.74 bits per heavy atom. The van der Waals surface area contributed by atoms with Gasteiger partial charge in [-0.1, -0.05) is 73.9 Å². The van der Waals surface area contributed by atoms with Crippen LogP contribution in [0, 0.1) is 6.92 Å². The van der Waals surface area contributed by atoms with Crippen molar-refractivity contribution in [1.29, 1.82) is 0 Å². The summed E-state index contributed by atoms with van der Waals surface area (Å²) in [6.45, 7) is 4.04. The summed E-state index contributed by atoms with van der Waals surface area (Å²) in [7, 11) is 0. The molecule has 0 fully saturated rings. The quantitative estimate of drug-likeness (QED) is 0.243. The number of aryl methyl sites for hydroxylation is 1. The minimum atomic E-state index is -0.0776. The van der Waals surface area contributed by atoms with Crippen LogP contribution in [0.4, 0.5) is 10.8 Å². The number of thiazole rings is 1. The van der Waals surface area contributed by atoms with E-state index in [-0.39, 0.29) is 11.8 Å². The van der Waals surface area contributed by atoms with Crippen molar-refractivity contribution in [3.8, 4) is 11.1 Å². The van der Waals surface area contributed by atoms with E-state index in [2.05, 4.69) is 27.5 Å². The lowest BCUT2D eigenvalue weighted by Crippen LogP contribution is -2.15. The number of nitrogens with zero attached hydrogens (tertiary/aromatic N) is 2. The van der Waals surface area contributed by atoms with E-state index in [1.165, 1.54) is 11.3 Å². The van der Waals surface area contributed by atoms with Crippen molar-refractivity contribution in [1.82, 2.24) is 9.97 Å². The third kappa shape index (κ3) is 6.73. The molecule has 2 aromatic heterocycles. The van der Waals surface area contributed by atoms with Crippen LogP contribution in [0.3, 0.4) is 0 Å². The molecule has 2 aromatic carbocycles. The van der Waals surface area contributed by atoms with E-state index >= 15 is 0 Å². The van der Waals surface area contributed by atoms with Gasteiger partial charge in [-0.2, -0.15) is 0 Å². The number of hydrogen-bond donors (Lipinski definition) is 2. The largest absolute Gasteiger partial charge is 0.324 e. The van der Waals surface area contributed by atoms with Gasteiger partial charge in [-0.05, 0) is 42.7 Å². The fourth-order valence-corrected chi connectivity index (χ4v) is 4.77. The first kappa shape index (κ1) is 24.5. The fraction of sp³-hybridized carbons (Fsp3) is 0.286. The molecule has 7 heteroatoms. The number of aromatic nitrogens is 2. The highest BCUT2D eigenvalue weighted by Gasteiger charge is 2.12. The second kappa shape index (κ2) is 11.7. The molecule has 35 heavy (non-hydrogen) atoms. The number of hydrogen-bond acceptors (Lipinski definition) is 5. The molecule has 0 aliphatic rings. The molecule has 2 N–H and O–H groups in total. The topological polar surface area (TPSA) is 84.0 Å². The average Bonchev–Trinajstić information content (AvgIpc) is 3.25. The van der Waals surface area contributed by atoms with Crippen LogP contribution in [0.5, 0.6) is 0 Å². The third-order valence-electron chi connectivity index (χ3n) is 5.79. The van der Waals surface area contributed by atoms with Crippen LogP contribution in [0.1, 0.15) is 50.3 Å². The zero-order chi connectivity index (χ0) is 24.6. The molecule has 0 saturated heterocycles. The highest BCUT2D eigenvalue weighted by molar-refractivity contribution is 7.22. The van der Waals surface area contributed by atoms with Crippen LogP contribution in [-0.4, -0.2) is 21.8 Å². The molecular formula is C28H30N4O2S. The molecule has 0 spiro atoms. The zero-order valence-electron chi connectivity index (χ0n) is 20.1. The molecule has 0 aliphatic heterocycles. The maximum absolute atomic E-state index is 12.6. The van der Waals surface area contributed by atoms with Gasteiger partial charge in [0.05, 0.1) is 28.0 Å². The van der Waals surface area contributed by atoms with Gasteiger partial charge in [-0.25, -0.2) is 4.98 Å².